The SMILES string of the molecule is CCCCN(CCO)Cc1c(F)ccc(Br)c1F. The van der Waals surface area contributed by atoms with Crippen molar-refractivity contribution >= 4 is 15.9 Å². The van der Waals surface area contributed by atoms with Crippen LogP contribution >= 0.6 is 15.9 Å². The molecule has 1 N–H and O–H groups in total. The van der Waals surface area contributed by atoms with Crippen LogP contribution in [0.3, 0.4) is 0 Å². The fourth-order valence-electron chi connectivity index (χ4n) is 1.73. The highest BCUT2D eigenvalue weighted by molar-refractivity contribution is 9.10. The molecule has 2 nitrogen and oxygen atoms in total. The Morgan fingerprint density at radius 2 is 2.00 bits per heavy atom. The third-order valence-corrected chi connectivity index (χ3v) is 3.38. The van der Waals surface area contributed by atoms with Crippen molar-refractivity contribution in [3.8, 4) is 0 Å². The molecule has 18 heavy (non-hydrogen) atoms. The number of halogens is 3. The molecule has 0 saturated carbocycles. The first-order valence-corrected chi connectivity index (χ1v) is 6.85. The van der Waals surface area contributed by atoms with Gasteiger partial charge in [0, 0.05) is 18.7 Å². The first-order valence-electron chi connectivity index (χ1n) is 6.05. The number of benzene rings is 1. The van der Waals surface area contributed by atoms with Crippen molar-refractivity contribution in [2.24, 2.45) is 0 Å². The molecule has 0 spiro atoms. The second kappa shape index (κ2) is 7.81. The average molecular weight is 322 g/mol. The molecule has 0 aliphatic rings. The molecule has 0 saturated heterocycles. The van der Waals surface area contributed by atoms with E-state index in [1.54, 1.807) is 0 Å². The van der Waals surface area contributed by atoms with Crippen LogP contribution in [0.25, 0.3) is 0 Å². The molecule has 5 heteroatoms. The number of hydrogen-bond acceptors (Lipinski definition) is 2. The Balaban J connectivity index is 2.82. The van der Waals surface area contributed by atoms with Crippen molar-refractivity contribution in [3.05, 3.63) is 33.8 Å². The summed E-state index contributed by atoms with van der Waals surface area (Å²) >= 11 is 3.05. The largest absolute Gasteiger partial charge is 0.395 e. The minimum Gasteiger partial charge on any atom is -0.395 e. The minimum atomic E-state index is -0.561. The van der Waals surface area contributed by atoms with Gasteiger partial charge in [-0.1, -0.05) is 13.3 Å². The smallest absolute Gasteiger partial charge is 0.144 e. The topological polar surface area (TPSA) is 23.5 Å². The first kappa shape index (κ1) is 15.5. The molecule has 0 fully saturated rings. The third-order valence-electron chi connectivity index (χ3n) is 2.76. The zero-order valence-electron chi connectivity index (χ0n) is 10.4. The van der Waals surface area contributed by atoms with Gasteiger partial charge in [-0.05, 0) is 41.0 Å². The van der Waals surface area contributed by atoms with E-state index < -0.39 is 11.6 Å². The van der Waals surface area contributed by atoms with E-state index in [0.29, 0.717) is 6.54 Å². The van der Waals surface area contributed by atoms with Gasteiger partial charge in [-0.15, -0.1) is 0 Å². The Hall–Kier alpha value is -0.520. The van der Waals surface area contributed by atoms with Crippen LogP contribution in [0.15, 0.2) is 16.6 Å². The fourth-order valence-corrected chi connectivity index (χ4v) is 2.10. The molecule has 0 radical (unpaired) electrons. The molecule has 0 aliphatic carbocycles. The Bertz CT molecular complexity index is 387. The van der Waals surface area contributed by atoms with Crippen molar-refractivity contribution in [3.63, 3.8) is 0 Å². The lowest BCUT2D eigenvalue weighted by molar-refractivity contribution is 0.185. The summed E-state index contributed by atoms with van der Waals surface area (Å²) < 4.78 is 27.7. The fraction of sp³-hybridized carbons (Fsp3) is 0.538. The van der Waals surface area contributed by atoms with E-state index >= 15 is 0 Å². The molecular formula is C13H18BrF2NO. The van der Waals surface area contributed by atoms with Gasteiger partial charge in [0.25, 0.3) is 0 Å². The zero-order chi connectivity index (χ0) is 13.5. The van der Waals surface area contributed by atoms with Crippen LogP contribution < -0.4 is 0 Å². The van der Waals surface area contributed by atoms with Crippen LogP contribution in [0.4, 0.5) is 8.78 Å². The van der Waals surface area contributed by atoms with Crippen LogP contribution in [0.1, 0.15) is 25.3 Å². The first-order chi connectivity index (χ1) is 8.60. The number of nitrogens with zero attached hydrogens (tertiary/aromatic N) is 1. The maximum atomic E-state index is 13.8. The summed E-state index contributed by atoms with van der Waals surface area (Å²) in [4.78, 5) is 1.86. The normalized spacial score (nSPS) is 11.2. The molecule has 0 bridgehead atoms. The van der Waals surface area contributed by atoms with Gasteiger partial charge in [0.15, 0.2) is 0 Å². The van der Waals surface area contributed by atoms with Gasteiger partial charge in [0.05, 0.1) is 11.1 Å². The molecule has 0 aliphatic heterocycles. The number of aliphatic hydroxyl groups excluding tert-OH is 1. The van der Waals surface area contributed by atoms with E-state index in [-0.39, 0.29) is 23.2 Å². The van der Waals surface area contributed by atoms with Gasteiger partial charge in [0.2, 0.25) is 0 Å². The van der Waals surface area contributed by atoms with Gasteiger partial charge >= 0.3 is 0 Å². The summed E-state index contributed by atoms with van der Waals surface area (Å²) in [6, 6.07) is 2.61. The molecule has 0 amide bonds. The van der Waals surface area contributed by atoms with E-state index in [0.717, 1.165) is 19.4 Å². The Morgan fingerprint density at radius 3 is 2.61 bits per heavy atom. The summed E-state index contributed by atoms with van der Waals surface area (Å²) in [5.74, 6) is -1.11. The molecular weight excluding hydrogens is 304 g/mol. The van der Waals surface area contributed by atoms with Crippen molar-refractivity contribution in [2.75, 3.05) is 19.7 Å². The van der Waals surface area contributed by atoms with E-state index in [1.165, 1.54) is 12.1 Å². The number of unbranched alkanes of at least 4 members (excludes halogenated alkanes) is 1. The van der Waals surface area contributed by atoms with E-state index in [4.69, 9.17) is 5.11 Å². The molecule has 0 unspecified atom stereocenters. The highest BCUT2D eigenvalue weighted by Gasteiger charge is 2.15. The molecule has 1 rings (SSSR count). The average Bonchev–Trinajstić information content (AvgIpc) is 2.36. The van der Waals surface area contributed by atoms with Gasteiger partial charge in [-0.25, -0.2) is 8.78 Å². The maximum Gasteiger partial charge on any atom is 0.144 e. The van der Waals surface area contributed by atoms with Crippen LogP contribution in [0, 0.1) is 11.6 Å². The van der Waals surface area contributed by atoms with Crippen molar-refractivity contribution < 1.29 is 13.9 Å². The predicted octanol–water partition coefficient (Wildman–Crippen LogP) is 3.32. The number of rotatable bonds is 7. The van der Waals surface area contributed by atoms with E-state index in [2.05, 4.69) is 22.9 Å². The Morgan fingerprint density at radius 1 is 1.28 bits per heavy atom. The van der Waals surface area contributed by atoms with Gasteiger partial charge in [-0.2, -0.15) is 0 Å². The number of aliphatic hydroxyl groups is 1. The van der Waals surface area contributed by atoms with Crippen LogP contribution in [-0.4, -0.2) is 29.7 Å². The van der Waals surface area contributed by atoms with E-state index in [1.807, 2.05) is 4.90 Å². The predicted molar refractivity (Wildman–Crippen MR) is 71.3 cm³/mol. The van der Waals surface area contributed by atoms with Crippen molar-refractivity contribution in [2.45, 2.75) is 26.3 Å². The second-order valence-corrected chi connectivity index (χ2v) is 5.03. The summed E-state index contributed by atoms with van der Waals surface area (Å²) in [7, 11) is 0. The summed E-state index contributed by atoms with van der Waals surface area (Å²) in [6.07, 6.45) is 1.95. The van der Waals surface area contributed by atoms with Gasteiger partial charge < -0.3 is 5.11 Å². The lowest BCUT2D eigenvalue weighted by atomic mass is 10.1. The Kier molecular flexibility index (Phi) is 6.75. The number of hydrogen-bond donors (Lipinski definition) is 1. The van der Waals surface area contributed by atoms with Crippen molar-refractivity contribution in [1.29, 1.82) is 0 Å². The molecule has 102 valence electrons. The van der Waals surface area contributed by atoms with Crippen LogP contribution in [0.2, 0.25) is 0 Å². The van der Waals surface area contributed by atoms with Gasteiger partial charge in [0.1, 0.15) is 11.6 Å². The maximum absolute atomic E-state index is 13.8. The summed E-state index contributed by atoms with van der Waals surface area (Å²) in [5.41, 5.74) is 0.0499. The van der Waals surface area contributed by atoms with Gasteiger partial charge in [-0.3, -0.25) is 4.90 Å². The van der Waals surface area contributed by atoms with Crippen LogP contribution in [-0.2, 0) is 6.54 Å². The highest BCUT2D eigenvalue weighted by Crippen LogP contribution is 2.22. The highest BCUT2D eigenvalue weighted by atomic mass is 79.9. The quantitative estimate of drug-likeness (QED) is 0.779. The molecule has 1 aromatic carbocycles. The van der Waals surface area contributed by atoms with Crippen LogP contribution in [0.5, 0.6) is 0 Å². The monoisotopic (exact) mass is 321 g/mol. The lowest BCUT2D eigenvalue weighted by Crippen LogP contribution is -2.28. The second-order valence-electron chi connectivity index (χ2n) is 4.18. The molecule has 0 heterocycles. The van der Waals surface area contributed by atoms with E-state index in [9.17, 15) is 8.78 Å². The minimum absolute atomic E-state index is 0.0129. The van der Waals surface area contributed by atoms with Crippen molar-refractivity contribution in [1.82, 2.24) is 4.90 Å². The standard InChI is InChI=1S/C13H18BrF2NO/c1-2-3-6-17(7-8-18)9-10-12(15)5-4-11(14)13(10)16/h4-5,18H,2-3,6-9H2,1H3. The lowest BCUT2D eigenvalue weighted by Gasteiger charge is -2.21. The third kappa shape index (κ3) is 4.30. The molecule has 0 atom stereocenters. The molecule has 1 aromatic rings. The zero-order valence-corrected chi connectivity index (χ0v) is 12.0. The summed E-state index contributed by atoms with van der Waals surface area (Å²) in [5, 5.41) is 8.97. The Labute approximate surface area is 115 Å². The molecule has 0 aromatic heterocycles. The summed E-state index contributed by atoms with van der Waals surface area (Å²) in [6.45, 7) is 3.36.